The van der Waals surface area contributed by atoms with Gasteiger partial charge in [0.25, 0.3) is 0 Å². The van der Waals surface area contributed by atoms with E-state index in [1.54, 1.807) is 12.7 Å². The number of aromatic nitrogens is 3. The molecule has 2 N–H and O–H groups in total. The first-order valence-corrected chi connectivity index (χ1v) is 10.0. The van der Waals surface area contributed by atoms with Crippen LogP contribution in [0.3, 0.4) is 0 Å². The van der Waals surface area contributed by atoms with Crippen molar-refractivity contribution >= 4 is 5.96 Å². The summed E-state index contributed by atoms with van der Waals surface area (Å²) in [7, 11) is 1.81. The van der Waals surface area contributed by atoms with E-state index >= 15 is 0 Å². The molecule has 0 amide bonds. The normalized spacial score (nSPS) is 12.8. The van der Waals surface area contributed by atoms with Crippen molar-refractivity contribution in [2.24, 2.45) is 10.9 Å². The van der Waals surface area contributed by atoms with Crippen LogP contribution in [0.4, 0.5) is 0 Å². The van der Waals surface area contributed by atoms with Gasteiger partial charge in [0.2, 0.25) is 0 Å². The van der Waals surface area contributed by atoms with Crippen molar-refractivity contribution in [2.75, 3.05) is 7.05 Å². The third-order valence-electron chi connectivity index (χ3n) is 5.13. The molecular formula is C23H30N6. The van der Waals surface area contributed by atoms with E-state index in [9.17, 15) is 0 Å². The number of hydrogen-bond acceptors (Lipinski definition) is 3. The van der Waals surface area contributed by atoms with Crippen molar-refractivity contribution in [2.45, 2.75) is 39.9 Å². The van der Waals surface area contributed by atoms with E-state index in [0.717, 1.165) is 12.5 Å². The largest absolute Gasteiger partial charge is 0.354 e. The van der Waals surface area contributed by atoms with Crippen LogP contribution < -0.4 is 10.6 Å². The summed E-state index contributed by atoms with van der Waals surface area (Å²) in [6.45, 7) is 8.01. The first kappa shape index (κ1) is 20.6. The van der Waals surface area contributed by atoms with E-state index in [4.69, 9.17) is 0 Å². The van der Waals surface area contributed by atoms with E-state index in [1.807, 2.05) is 11.7 Å². The molecule has 29 heavy (non-hydrogen) atoms. The van der Waals surface area contributed by atoms with Crippen LogP contribution in [0.1, 0.15) is 31.9 Å². The lowest BCUT2D eigenvalue weighted by Gasteiger charge is -2.21. The van der Waals surface area contributed by atoms with E-state index in [2.05, 4.69) is 95.0 Å². The summed E-state index contributed by atoms with van der Waals surface area (Å²) in [5.74, 6) is 1.36. The van der Waals surface area contributed by atoms with Crippen LogP contribution in [0, 0.1) is 5.92 Å². The van der Waals surface area contributed by atoms with Gasteiger partial charge in [0.05, 0.1) is 6.54 Å². The maximum atomic E-state index is 4.36. The van der Waals surface area contributed by atoms with Crippen LogP contribution in [0.15, 0.2) is 66.2 Å². The topological polar surface area (TPSA) is 67.1 Å². The van der Waals surface area contributed by atoms with Crippen LogP contribution >= 0.6 is 0 Å². The van der Waals surface area contributed by atoms with Gasteiger partial charge in [-0.2, -0.15) is 5.10 Å². The van der Waals surface area contributed by atoms with Gasteiger partial charge in [-0.05, 0) is 35.1 Å². The van der Waals surface area contributed by atoms with Gasteiger partial charge in [-0.1, -0.05) is 62.4 Å². The lowest BCUT2D eigenvalue weighted by molar-refractivity contribution is 0.481. The Hall–Kier alpha value is -3.15. The van der Waals surface area contributed by atoms with Gasteiger partial charge < -0.3 is 10.6 Å². The van der Waals surface area contributed by atoms with E-state index in [-0.39, 0.29) is 0 Å². The first-order chi connectivity index (χ1) is 14.1. The van der Waals surface area contributed by atoms with Gasteiger partial charge >= 0.3 is 0 Å². The first-order valence-electron chi connectivity index (χ1n) is 10.0. The van der Waals surface area contributed by atoms with Crippen molar-refractivity contribution in [3.63, 3.8) is 0 Å². The second-order valence-corrected chi connectivity index (χ2v) is 7.55. The second kappa shape index (κ2) is 9.87. The lowest BCUT2D eigenvalue weighted by atomic mass is 9.98. The molecule has 0 saturated heterocycles. The Labute approximate surface area is 173 Å². The molecule has 0 saturated carbocycles. The second-order valence-electron chi connectivity index (χ2n) is 7.55. The zero-order valence-corrected chi connectivity index (χ0v) is 17.6. The third-order valence-corrected chi connectivity index (χ3v) is 5.13. The maximum absolute atomic E-state index is 4.36. The predicted molar refractivity (Wildman–Crippen MR) is 119 cm³/mol. The highest BCUT2D eigenvalue weighted by Gasteiger charge is 2.10. The molecule has 0 fully saturated rings. The Morgan fingerprint density at radius 2 is 1.83 bits per heavy atom. The van der Waals surface area contributed by atoms with Gasteiger partial charge in [0, 0.05) is 19.6 Å². The molecule has 3 rings (SSSR count). The molecule has 0 aliphatic carbocycles. The Morgan fingerprint density at radius 3 is 2.48 bits per heavy atom. The molecule has 0 radical (unpaired) electrons. The number of nitrogens with zero attached hydrogens (tertiary/aromatic N) is 4. The van der Waals surface area contributed by atoms with Crippen molar-refractivity contribution in [1.82, 2.24) is 25.4 Å². The smallest absolute Gasteiger partial charge is 0.191 e. The molecule has 0 bridgehead atoms. The minimum Gasteiger partial charge on any atom is -0.354 e. The Morgan fingerprint density at radius 1 is 1.07 bits per heavy atom. The monoisotopic (exact) mass is 390 g/mol. The summed E-state index contributed by atoms with van der Waals surface area (Å²) in [6.07, 6.45) is 3.29. The molecule has 3 aromatic rings. The van der Waals surface area contributed by atoms with Gasteiger partial charge in [0.1, 0.15) is 12.7 Å². The molecule has 152 valence electrons. The number of hydrogen-bond donors (Lipinski definition) is 2. The molecule has 1 atom stereocenters. The zero-order valence-electron chi connectivity index (χ0n) is 17.6. The van der Waals surface area contributed by atoms with E-state index in [0.29, 0.717) is 18.5 Å². The molecule has 6 nitrogen and oxygen atoms in total. The number of benzene rings is 2. The SMILES string of the molecule is CN=C(NCc1ccccc1-c1ccc(Cn2cncn2)cc1)NC(C)C(C)C. The summed E-state index contributed by atoms with van der Waals surface area (Å²) in [5.41, 5.74) is 4.85. The standard InChI is InChI=1S/C23H30N6/c1-17(2)18(3)28-23(24-4)26-13-21-7-5-6-8-22(21)20-11-9-19(10-12-20)14-29-16-25-15-27-29/h5-12,15-18H,13-14H2,1-4H3,(H2,24,26,28). The minimum atomic E-state index is 0.356. The van der Waals surface area contributed by atoms with Crippen LogP contribution in [-0.2, 0) is 13.1 Å². The van der Waals surface area contributed by atoms with Crippen LogP contribution in [0.5, 0.6) is 0 Å². The number of guanidine groups is 1. The lowest BCUT2D eigenvalue weighted by Crippen LogP contribution is -2.43. The van der Waals surface area contributed by atoms with Crippen LogP contribution in [0.2, 0.25) is 0 Å². The van der Waals surface area contributed by atoms with E-state index in [1.165, 1.54) is 22.3 Å². The van der Waals surface area contributed by atoms with Gasteiger partial charge in [0.15, 0.2) is 5.96 Å². The molecule has 0 spiro atoms. The summed E-state index contributed by atoms with van der Waals surface area (Å²) >= 11 is 0. The van der Waals surface area contributed by atoms with Gasteiger partial charge in [-0.3, -0.25) is 4.99 Å². The highest BCUT2D eigenvalue weighted by atomic mass is 15.3. The summed E-state index contributed by atoms with van der Waals surface area (Å²) in [4.78, 5) is 8.35. The quantitative estimate of drug-likeness (QED) is 0.477. The Kier molecular flexibility index (Phi) is 7.00. The van der Waals surface area contributed by atoms with Crippen molar-refractivity contribution < 1.29 is 0 Å². The summed E-state index contributed by atoms with van der Waals surface area (Å²) < 4.78 is 1.82. The molecule has 1 aromatic heterocycles. The van der Waals surface area contributed by atoms with Gasteiger partial charge in [-0.25, -0.2) is 9.67 Å². The van der Waals surface area contributed by atoms with Crippen LogP contribution in [0.25, 0.3) is 11.1 Å². The van der Waals surface area contributed by atoms with Crippen molar-refractivity contribution in [3.05, 3.63) is 72.3 Å². The fourth-order valence-corrected chi connectivity index (χ4v) is 3.00. The highest BCUT2D eigenvalue weighted by molar-refractivity contribution is 5.80. The molecule has 1 unspecified atom stereocenters. The summed E-state index contributed by atoms with van der Waals surface area (Å²) in [5, 5.41) is 11.1. The zero-order chi connectivity index (χ0) is 20.6. The predicted octanol–water partition coefficient (Wildman–Crippen LogP) is 3.70. The van der Waals surface area contributed by atoms with Crippen molar-refractivity contribution in [3.8, 4) is 11.1 Å². The molecule has 0 aliphatic rings. The third kappa shape index (κ3) is 5.67. The average molecular weight is 391 g/mol. The van der Waals surface area contributed by atoms with Gasteiger partial charge in [-0.15, -0.1) is 0 Å². The van der Waals surface area contributed by atoms with Crippen molar-refractivity contribution in [1.29, 1.82) is 0 Å². The number of rotatable bonds is 7. The fraction of sp³-hybridized carbons (Fsp3) is 0.348. The average Bonchev–Trinajstić information content (AvgIpc) is 3.24. The molecule has 2 aromatic carbocycles. The summed E-state index contributed by atoms with van der Waals surface area (Å²) in [6, 6.07) is 17.5. The Bertz CT molecular complexity index is 913. The number of nitrogens with one attached hydrogen (secondary N) is 2. The Balaban J connectivity index is 1.70. The van der Waals surface area contributed by atoms with E-state index < -0.39 is 0 Å². The molecular weight excluding hydrogens is 360 g/mol. The minimum absolute atomic E-state index is 0.356. The molecule has 6 heteroatoms. The maximum Gasteiger partial charge on any atom is 0.191 e. The fourth-order valence-electron chi connectivity index (χ4n) is 3.00. The number of aliphatic imine (C=N–C) groups is 1. The van der Waals surface area contributed by atoms with Crippen LogP contribution in [-0.4, -0.2) is 33.8 Å². The molecule has 1 heterocycles. The highest BCUT2D eigenvalue weighted by Crippen LogP contribution is 2.24. The molecule has 0 aliphatic heterocycles.